The third-order valence-corrected chi connectivity index (χ3v) is 4.92. The Kier molecular flexibility index (Phi) is 6.12. The number of hydrogen-bond donors (Lipinski definition) is 2. The van der Waals surface area contributed by atoms with E-state index in [-0.39, 0.29) is 11.7 Å². The maximum absolute atomic E-state index is 12.9. The fraction of sp³-hybridized carbons (Fsp3) is 0.267. The Morgan fingerprint density at radius 1 is 1.35 bits per heavy atom. The van der Waals surface area contributed by atoms with Crippen LogP contribution in [0.5, 0.6) is 0 Å². The van der Waals surface area contributed by atoms with Gasteiger partial charge in [-0.1, -0.05) is 11.8 Å². The van der Waals surface area contributed by atoms with E-state index in [1.165, 1.54) is 35.2 Å². The molecule has 23 heavy (non-hydrogen) atoms. The largest absolute Gasteiger partial charge is 0.338 e. The Balaban J connectivity index is 1.97. The molecule has 8 heteroatoms. The molecule has 0 aliphatic heterocycles. The molecule has 2 aromatic rings. The van der Waals surface area contributed by atoms with Crippen molar-refractivity contribution in [3.63, 3.8) is 0 Å². The van der Waals surface area contributed by atoms with Crippen molar-refractivity contribution in [1.29, 1.82) is 0 Å². The van der Waals surface area contributed by atoms with Crippen molar-refractivity contribution >= 4 is 35.0 Å². The molecule has 1 aromatic heterocycles. The van der Waals surface area contributed by atoms with Gasteiger partial charge in [0.15, 0.2) is 4.34 Å². The summed E-state index contributed by atoms with van der Waals surface area (Å²) in [6, 6.07) is 5.57. The summed E-state index contributed by atoms with van der Waals surface area (Å²) in [5.41, 5.74) is 1.54. The molecule has 0 saturated heterocycles. The molecular formula is C15H16FN3O2S2. The highest BCUT2D eigenvalue weighted by Crippen LogP contribution is 2.30. The van der Waals surface area contributed by atoms with Crippen molar-refractivity contribution in [3.8, 4) is 11.3 Å². The van der Waals surface area contributed by atoms with Gasteiger partial charge >= 0.3 is 6.03 Å². The Labute approximate surface area is 141 Å². The summed E-state index contributed by atoms with van der Waals surface area (Å²) in [6.45, 7) is 3.93. The number of aromatic nitrogens is 1. The van der Waals surface area contributed by atoms with Gasteiger partial charge in [0.2, 0.25) is 5.91 Å². The molecule has 0 spiro atoms. The van der Waals surface area contributed by atoms with Gasteiger partial charge in [-0.3, -0.25) is 10.1 Å². The topological polar surface area (TPSA) is 71.1 Å². The number of benzene rings is 1. The zero-order valence-corrected chi connectivity index (χ0v) is 14.3. The molecule has 0 bridgehead atoms. The average molecular weight is 353 g/mol. The number of carbonyl (C=O) groups excluding carboxylic acids is 2. The Morgan fingerprint density at radius 3 is 2.70 bits per heavy atom. The lowest BCUT2D eigenvalue weighted by atomic mass is 10.2. The van der Waals surface area contributed by atoms with Gasteiger partial charge in [0.05, 0.1) is 10.9 Å². The predicted octanol–water partition coefficient (Wildman–Crippen LogP) is 3.28. The Hall–Kier alpha value is -1.93. The number of thiazole rings is 1. The molecule has 5 nitrogen and oxygen atoms in total. The minimum atomic E-state index is -0.504. The van der Waals surface area contributed by atoms with Crippen molar-refractivity contribution in [2.24, 2.45) is 0 Å². The zero-order valence-electron chi connectivity index (χ0n) is 12.6. The van der Waals surface area contributed by atoms with E-state index in [4.69, 9.17) is 0 Å². The average Bonchev–Trinajstić information content (AvgIpc) is 2.96. The van der Waals surface area contributed by atoms with E-state index < -0.39 is 11.3 Å². The molecule has 0 fully saturated rings. The van der Waals surface area contributed by atoms with Crippen LogP contribution in [0.15, 0.2) is 34.0 Å². The molecule has 2 rings (SSSR count). The van der Waals surface area contributed by atoms with Gasteiger partial charge in [-0.25, -0.2) is 14.2 Å². The lowest BCUT2D eigenvalue weighted by Crippen LogP contribution is -2.42. The third kappa shape index (κ3) is 5.04. The zero-order chi connectivity index (χ0) is 16.8. The van der Waals surface area contributed by atoms with Crippen LogP contribution in [0.1, 0.15) is 13.8 Å². The number of nitrogens with one attached hydrogen (secondary N) is 2. The van der Waals surface area contributed by atoms with Crippen molar-refractivity contribution in [1.82, 2.24) is 15.6 Å². The highest BCUT2D eigenvalue weighted by Gasteiger charge is 2.18. The van der Waals surface area contributed by atoms with Crippen LogP contribution in [0.3, 0.4) is 0 Å². The molecule has 0 saturated carbocycles. The number of halogens is 1. The summed E-state index contributed by atoms with van der Waals surface area (Å²) in [5.74, 6) is -0.672. The van der Waals surface area contributed by atoms with Crippen molar-refractivity contribution in [3.05, 3.63) is 35.5 Å². The number of imide groups is 1. The van der Waals surface area contributed by atoms with Crippen LogP contribution in [0.2, 0.25) is 0 Å². The van der Waals surface area contributed by atoms with Gasteiger partial charge in [-0.05, 0) is 38.1 Å². The first kappa shape index (κ1) is 17.4. The minimum absolute atomic E-state index is 0.297. The quantitative estimate of drug-likeness (QED) is 0.809. The molecule has 1 heterocycles. The van der Waals surface area contributed by atoms with Crippen LogP contribution < -0.4 is 10.6 Å². The van der Waals surface area contributed by atoms with Crippen LogP contribution >= 0.6 is 23.1 Å². The first-order valence-electron chi connectivity index (χ1n) is 6.96. The molecule has 1 aromatic carbocycles. The van der Waals surface area contributed by atoms with Crippen LogP contribution in [0.4, 0.5) is 9.18 Å². The standard InChI is InChI=1S/C15H16FN3O2S2/c1-3-17-14(21)19-13(20)9(2)23-15-18-12(8-22-15)10-4-6-11(16)7-5-10/h4-9H,3H2,1-2H3,(H2,17,19,20,21). The fourth-order valence-electron chi connectivity index (χ4n) is 1.69. The van der Waals surface area contributed by atoms with E-state index in [2.05, 4.69) is 15.6 Å². The molecule has 2 N–H and O–H groups in total. The van der Waals surface area contributed by atoms with Gasteiger partial charge in [0.25, 0.3) is 0 Å². The van der Waals surface area contributed by atoms with E-state index in [1.54, 1.807) is 26.0 Å². The van der Waals surface area contributed by atoms with Crippen molar-refractivity contribution in [2.45, 2.75) is 23.4 Å². The second kappa shape index (κ2) is 8.07. The normalized spacial score (nSPS) is 11.8. The van der Waals surface area contributed by atoms with Gasteiger partial charge < -0.3 is 5.32 Å². The molecule has 3 amide bonds. The molecule has 0 radical (unpaired) electrons. The lowest BCUT2D eigenvalue weighted by Gasteiger charge is -2.09. The van der Waals surface area contributed by atoms with Crippen LogP contribution in [-0.2, 0) is 4.79 Å². The number of thioether (sulfide) groups is 1. The number of rotatable bonds is 5. The van der Waals surface area contributed by atoms with E-state index in [0.29, 0.717) is 10.9 Å². The molecule has 0 aliphatic rings. The van der Waals surface area contributed by atoms with Gasteiger partial charge in [-0.15, -0.1) is 11.3 Å². The van der Waals surface area contributed by atoms with Crippen LogP contribution in [-0.4, -0.2) is 28.7 Å². The van der Waals surface area contributed by atoms with Gasteiger partial charge in [-0.2, -0.15) is 0 Å². The molecule has 1 atom stereocenters. The Bertz CT molecular complexity index is 688. The number of carbonyl (C=O) groups is 2. The number of amides is 3. The molecular weight excluding hydrogens is 337 g/mol. The first-order valence-corrected chi connectivity index (χ1v) is 8.72. The number of nitrogens with zero attached hydrogens (tertiary/aromatic N) is 1. The van der Waals surface area contributed by atoms with Gasteiger partial charge in [0, 0.05) is 17.5 Å². The van der Waals surface area contributed by atoms with E-state index in [1.807, 2.05) is 5.38 Å². The second-order valence-electron chi connectivity index (χ2n) is 4.61. The van der Waals surface area contributed by atoms with E-state index >= 15 is 0 Å². The smallest absolute Gasteiger partial charge is 0.321 e. The maximum atomic E-state index is 12.9. The van der Waals surface area contributed by atoms with Gasteiger partial charge in [0.1, 0.15) is 5.82 Å². The second-order valence-corrected chi connectivity index (χ2v) is 7.06. The van der Waals surface area contributed by atoms with Crippen molar-refractivity contribution < 1.29 is 14.0 Å². The lowest BCUT2D eigenvalue weighted by molar-refractivity contribution is -0.119. The van der Waals surface area contributed by atoms with Crippen molar-refractivity contribution in [2.75, 3.05) is 6.54 Å². The summed E-state index contributed by atoms with van der Waals surface area (Å²) >= 11 is 2.67. The summed E-state index contributed by atoms with van der Waals surface area (Å²) in [6.07, 6.45) is 0. The van der Waals surface area contributed by atoms with E-state index in [9.17, 15) is 14.0 Å². The van der Waals surface area contributed by atoms with Crippen LogP contribution in [0, 0.1) is 5.82 Å². The molecule has 0 aliphatic carbocycles. The number of hydrogen-bond acceptors (Lipinski definition) is 5. The maximum Gasteiger partial charge on any atom is 0.321 e. The predicted molar refractivity (Wildman–Crippen MR) is 90.0 cm³/mol. The monoisotopic (exact) mass is 353 g/mol. The highest BCUT2D eigenvalue weighted by molar-refractivity contribution is 8.02. The number of urea groups is 1. The summed E-state index contributed by atoms with van der Waals surface area (Å²) in [5, 5.41) is 6.17. The first-order chi connectivity index (χ1) is 11.0. The summed E-state index contributed by atoms with van der Waals surface area (Å²) in [7, 11) is 0. The summed E-state index contributed by atoms with van der Waals surface area (Å²) < 4.78 is 13.6. The van der Waals surface area contributed by atoms with E-state index in [0.717, 1.165) is 11.3 Å². The molecule has 122 valence electrons. The minimum Gasteiger partial charge on any atom is -0.338 e. The highest BCUT2D eigenvalue weighted by atomic mass is 32.2. The Morgan fingerprint density at radius 2 is 2.04 bits per heavy atom. The summed E-state index contributed by atoms with van der Waals surface area (Å²) in [4.78, 5) is 27.6. The SMILES string of the molecule is CCNC(=O)NC(=O)C(C)Sc1nc(-c2ccc(F)cc2)cs1. The fourth-order valence-corrected chi connectivity index (χ4v) is 3.66. The third-order valence-electron chi connectivity index (χ3n) is 2.84. The molecule has 1 unspecified atom stereocenters. The van der Waals surface area contributed by atoms with Crippen LogP contribution in [0.25, 0.3) is 11.3 Å².